The van der Waals surface area contributed by atoms with Gasteiger partial charge in [0.25, 0.3) is 0 Å². The Balaban J connectivity index is 0.000000291. The first-order chi connectivity index (χ1) is 25.5. The van der Waals surface area contributed by atoms with Gasteiger partial charge in [0, 0.05) is 115 Å². The number of aromatic nitrogens is 2. The van der Waals surface area contributed by atoms with E-state index >= 15 is 0 Å². The zero-order valence-electron chi connectivity index (χ0n) is 34.8. The van der Waals surface area contributed by atoms with Gasteiger partial charge in [-0.2, -0.15) is 0 Å². The van der Waals surface area contributed by atoms with Crippen LogP contribution in [0.5, 0.6) is 0 Å². The molecule has 2 aliphatic heterocycles. The first-order valence-electron chi connectivity index (χ1n) is 19.9. The average molecular weight is 759 g/mol. The van der Waals surface area contributed by atoms with Crippen molar-refractivity contribution in [3.63, 3.8) is 0 Å². The first-order valence-corrected chi connectivity index (χ1v) is 19.9. The summed E-state index contributed by atoms with van der Waals surface area (Å²) in [6.45, 7) is 32.0. The summed E-state index contributed by atoms with van der Waals surface area (Å²) >= 11 is 0. The van der Waals surface area contributed by atoms with Gasteiger partial charge in [-0.25, -0.2) is 18.7 Å². The van der Waals surface area contributed by atoms with Crippen molar-refractivity contribution in [1.29, 1.82) is 0 Å². The van der Waals surface area contributed by atoms with Crippen LogP contribution in [0.2, 0.25) is 0 Å². The van der Waals surface area contributed by atoms with Gasteiger partial charge >= 0.3 is 0 Å². The normalized spacial score (nSPS) is 16.7. The lowest BCUT2D eigenvalue weighted by Gasteiger charge is -2.46. The molecular formula is C41H68F2N8O3. The summed E-state index contributed by atoms with van der Waals surface area (Å²) in [5.41, 5.74) is -0.534. The second-order valence-electron chi connectivity index (χ2n) is 16.3. The number of carbonyl (C=O) groups is 2. The van der Waals surface area contributed by atoms with E-state index in [0.717, 1.165) is 72.1 Å². The Morgan fingerprint density at radius 2 is 1.13 bits per heavy atom. The van der Waals surface area contributed by atoms with Crippen LogP contribution in [0.25, 0.3) is 0 Å². The molecule has 54 heavy (non-hydrogen) atoms. The maximum atomic E-state index is 14.3. The number of amides is 2. The largest absolute Gasteiger partial charge is 0.377 e. The number of pyridine rings is 2. The van der Waals surface area contributed by atoms with E-state index in [1.165, 1.54) is 34.3 Å². The summed E-state index contributed by atoms with van der Waals surface area (Å²) in [5.74, 6) is -0.219. The Kier molecular flexibility index (Phi) is 17.8. The van der Waals surface area contributed by atoms with Crippen molar-refractivity contribution in [2.45, 2.75) is 99.3 Å². The van der Waals surface area contributed by atoms with Gasteiger partial charge < -0.3 is 9.64 Å². The van der Waals surface area contributed by atoms with Crippen LogP contribution in [-0.2, 0) is 14.3 Å². The monoisotopic (exact) mass is 759 g/mol. The SMILES string of the molecule is CCC(=O)N(CC(C)(C)N1CCN(CC(C)C)CC1)c1ncccc1F.CCC(=O)N(CC(C)(C)N1CCN(CCOC(C)C)CC1)c1ncccc1F. The molecule has 0 atom stereocenters. The molecule has 2 amide bonds. The van der Waals surface area contributed by atoms with Crippen LogP contribution in [0.15, 0.2) is 36.7 Å². The third kappa shape index (κ3) is 13.6. The molecule has 11 nitrogen and oxygen atoms in total. The van der Waals surface area contributed by atoms with Crippen molar-refractivity contribution < 1.29 is 23.1 Å². The molecule has 0 N–H and O–H groups in total. The lowest BCUT2D eigenvalue weighted by molar-refractivity contribution is -0.119. The summed E-state index contributed by atoms with van der Waals surface area (Å²) in [6, 6.07) is 5.80. The topological polar surface area (TPSA) is 88.6 Å². The van der Waals surface area contributed by atoms with Crippen molar-refractivity contribution in [1.82, 2.24) is 29.6 Å². The molecule has 0 radical (unpaired) electrons. The minimum absolute atomic E-state index is 0.103. The zero-order valence-corrected chi connectivity index (χ0v) is 34.8. The van der Waals surface area contributed by atoms with Crippen LogP contribution >= 0.6 is 0 Å². The summed E-state index contributed by atoms with van der Waals surface area (Å²) in [6.07, 6.45) is 3.96. The Morgan fingerprint density at radius 1 is 0.722 bits per heavy atom. The minimum atomic E-state index is -0.463. The fourth-order valence-electron chi connectivity index (χ4n) is 7.12. The number of rotatable bonds is 16. The van der Waals surface area contributed by atoms with Crippen molar-refractivity contribution in [2.75, 3.05) is 94.9 Å². The summed E-state index contributed by atoms with van der Waals surface area (Å²) < 4.78 is 34.2. The van der Waals surface area contributed by atoms with Gasteiger partial charge in [-0.05, 0) is 71.7 Å². The number of ether oxygens (including phenoxy) is 1. The van der Waals surface area contributed by atoms with Crippen LogP contribution < -0.4 is 9.80 Å². The molecule has 4 heterocycles. The van der Waals surface area contributed by atoms with Gasteiger partial charge in [0.1, 0.15) is 0 Å². The number of halogens is 2. The molecule has 0 bridgehead atoms. The van der Waals surface area contributed by atoms with Crippen LogP contribution in [0.4, 0.5) is 20.4 Å². The quantitative estimate of drug-likeness (QED) is 0.211. The van der Waals surface area contributed by atoms with E-state index in [-0.39, 0.29) is 40.6 Å². The Labute approximate surface area is 324 Å². The molecular weight excluding hydrogens is 690 g/mol. The zero-order chi connectivity index (χ0) is 40.1. The highest BCUT2D eigenvalue weighted by atomic mass is 19.1. The Morgan fingerprint density at radius 3 is 1.48 bits per heavy atom. The number of hydrogen-bond acceptors (Lipinski definition) is 9. The van der Waals surface area contributed by atoms with Gasteiger partial charge in [-0.15, -0.1) is 0 Å². The maximum absolute atomic E-state index is 14.3. The van der Waals surface area contributed by atoms with Crippen LogP contribution in [0.3, 0.4) is 0 Å². The third-order valence-electron chi connectivity index (χ3n) is 10.2. The molecule has 0 aliphatic carbocycles. The minimum Gasteiger partial charge on any atom is -0.377 e. The molecule has 2 saturated heterocycles. The molecule has 13 heteroatoms. The number of nitrogens with zero attached hydrogens (tertiary/aromatic N) is 8. The van der Waals surface area contributed by atoms with Crippen molar-refractivity contribution >= 4 is 23.5 Å². The van der Waals surface area contributed by atoms with E-state index in [0.29, 0.717) is 31.8 Å². The van der Waals surface area contributed by atoms with E-state index in [9.17, 15) is 18.4 Å². The standard InChI is InChI=1S/C21H35FN4O2.C20H33FN4O/c1-6-19(27)26(20-18(22)8-7-9-23-20)16-21(4,5)25-12-10-24(11-13-25)14-15-28-17(2)3;1-6-18(26)25(19-17(21)8-7-9-22-19)15-20(4,5)24-12-10-23(11-13-24)14-16(2)3/h7-9,17H,6,10-16H2,1-5H3;7-9,16H,6,10-15H2,1-5H3. The van der Waals surface area contributed by atoms with E-state index in [2.05, 4.69) is 71.1 Å². The highest BCUT2D eigenvalue weighted by Gasteiger charge is 2.36. The summed E-state index contributed by atoms with van der Waals surface area (Å²) in [5, 5.41) is 0. The predicted molar refractivity (Wildman–Crippen MR) is 214 cm³/mol. The first kappa shape index (κ1) is 45.3. The summed E-state index contributed by atoms with van der Waals surface area (Å²) in [4.78, 5) is 46.0. The number of hydrogen-bond donors (Lipinski definition) is 0. The van der Waals surface area contributed by atoms with E-state index < -0.39 is 11.6 Å². The molecule has 4 rings (SSSR count). The second kappa shape index (κ2) is 21.3. The lowest BCUT2D eigenvalue weighted by atomic mass is 10.00. The second-order valence-corrected chi connectivity index (χ2v) is 16.3. The fraction of sp³-hybridized carbons (Fsp3) is 0.707. The molecule has 304 valence electrons. The fourth-order valence-corrected chi connectivity index (χ4v) is 7.12. The van der Waals surface area contributed by atoms with Crippen molar-refractivity contribution in [2.24, 2.45) is 5.92 Å². The van der Waals surface area contributed by atoms with Gasteiger partial charge in [0.15, 0.2) is 23.3 Å². The molecule has 2 aromatic heterocycles. The van der Waals surface area contributed by atoms with Gasteiger partial charge in [0.05, 0.1) is 12.7 Å². The van der Waals surface area contributed by atoms with Crippen LogP contribution in [0.1, 0.15) is 82.1 Å². The molecule has 2 fully saturated rings. The molecule has 2 aliphatic rings. The van der Waals surface area contributed by atoms with Gasteiger partial charge in [0.2, 0.25) is 11.8 Å². The smallest absolute Gasteiger partial charge is 0.228 e. The molecule has 0 unspecified atom stereocenters. The van der Waals surface area contributed by atoms with E-state index in [4.69, 9.17) is 4.74 Å². The number of piperazine rings is 2. The molecule has 0 saturated carbocycles. The lowest BCUT2D eigenvalue weighted by Crippen LogP contribution is -2.59. The predicted octanol–water partition coefficient (Wildman–Crippen LogP) is 5.80. The van der Waals surface area contributed by atoms with E-state index in [1.807, 2.05) is 13.8 Å². The average Bonchev–Trinajstić information content (AvgIpc) is 3.13. The van der Waals surface area contributed by atoms with Crippen molar-refractivity contribution in [3.8, 4) is 0 Å². The van der Waals surface area contributed by atoms with Crippen molar-refractivity contribution in [3.05, 3.63) is 48.3 Å². The molecule has 0 aromatic carbocycles. The van der Waals surface area contributed by atoms with Gasteiger partial charge in [-0.3, -0.25) is 34.1 Å². The van der Waals surface area contributed by atoms with E-state index in [1.54, 1.807) is 26.0 Å². The highest BCUT2D eigenvalue weighted by Crippen LogP contribution is 2.26. The summed E-state index contributed by atoms with van der Waals surface area (Å²) in [7, 11) is 0. The molecule has 0 spiro atoms. The third-order valence-corrected chi connectivity index (χ3v) is 10.2. The van der Waals surface area contributed by atoms with Gasteiger partial charge in [-0.1, -0.05) is 27.7 Å². The molecule has 2 aromatic rings. The number of carbonyl (C=O) groups excluding carboxylic acids is 2. The Bertz CT molecular complexity index is 1440. The highest BCUT2D eigenvalue weighted by molar-refractivity contribution is 5.93. The van der Waals surface area contributed by atoms with Crippen LogP contribution in [0, 0.1) is 17.6 Å². The number of anilines is 2. The maximum Gasteiger partial charge on any atom is 0.228 e. The Hall–Kier alpha value is -3.10. The van der Waals surface area contributed by atoms with Crippen LogP contribution in [-0.4, -0.2) is 144 Å².